The van der Waals surface area contributed by atoms with E-state index in [9.17, 15) is 13.2 Å². The van der Waals surface area contributed by atoms with Crippen molar-refractivity contribution in [2.75, 3.05) is 40.0 Å². The molecular formula is C31H35Cl3N2O4S. The number of halogens is 3. The molecule has 5 rings (SSSR count). The lowest BCUT2D eigenvalue weighted by Crippen LogP contribution is -2.36. The number of methoxy groups -OCH3 is 1. The lowest BCUT2D eigenvalue weighted by atomic mass is 9.84. The van der Waals surface area contributed by atoms with E-state index in [1.165, 1.54) is 6.26 Å². The third-order valence-electron chi connectivity index (χ3n) is 8.40. The summed E-state index contributed by atoms with van der Waals surface area (Å²) < 4.78 is 30.4. The minimum atomic E-state index is -3.35. The molecule has 0 N–H and O–H groups in total. The van der Waals surface area contributed by atoms with E-state index < -0.39 is 9.84 Å². The van der Waals surface area contributed by atoms with Gasteiger partial charge < -0.3 is 14.5 Å². The van der Waals surface area contributed by atoms with Crippen molar-refractivity contribution < 1.29 is 17.9 Å². The van der Waals surface area contributed by atoms with E-state index in [0.29, 0.717) is 20.7 Å². The van der Waals surface area contributed by atoms with Crippen LogP contribution >= 0.6 is 35.6 Å². The number of rotatable bonds is 8. The molecule has 2 heterocycles. The molecule has 0 aliphatic carbocycles. The number of nitrogens with zero attached hydrogens (tertiary/aromatic N) is 2. The number of benzene rings is 3. The van der Waals surface area contributed by atoms with Crippen LogP contribution in [-0.2, 0) is 9.84 Å². The second-order valence-corrected chi connectivity index (χ2v) is 13.6. The monoisotopic (exact) mass is 636 g/mol. The number of likely N-dealkylation sites (tertiary alicyclic amines) is 1. The largest absolute Gasteiger partial charge is 0.497 e. The normalized spacial score (nSPS) is 18.6. The molecule has 220 valence electrons. The molecule has 0 radical (unpaired) electrons. The standard InChI is InChI=1S/C31H34Cl2N2O4S.ClH/c1-34-30(24-6-4-5-7-25(24)31(34)36)23(21-8-10-27(32)28(33)18-21)14-17-35-15-12-20(13-16-35)26-19-22(39-2)9-11-29(26)40(3,37)38;/h4-11,18-20,23,30H,12-17H2,1-3H3;1H. The van der Waals surface area contributed by atoms with Crippen molar-refractivity contribution in [1.29, 1.82) is 0 Å². The fraction of sp³-hybridized carbons (Fsp3) is 0.387. The molecular weight excluding hydrogens is 603 g/mol. The highest BCUT2D eigenvalue weighted by Crippen LogP contribution is 2.45. The lowest BCUT2D eigenvalue weighted by molar-refractivity contribution is 0.0746. The highest BCUT2D eigenvalue weighted by atomic mass is 35.5. The van der Waals surface area contributed by atoms with E-state index in [-0.39, 0.29) is 36.2 Å². The predicted molar refractivity (Wildman–Crippen MR) is 167 cm³/mol. The maximum Gasteiger partial charge on any atom is 0.254 e. The third kappa shape index (κ3) is 6.55. The van der Waals surface area contributed by atoms with Gasteiger partial charge in [0.2, 0.25) is 0 Å². The van der Waals surface area contributed by atoms with Gasteiger partial charge in [-0.15, -0.1) is 12.4 Å². The number of amides is 1. The molecule has 0 bridgehead atoms. The fourth-order valence-corrected chi connectivity index (χ4v) is 7.59. The first kappa shape index (κ1) is 31.6. The van der Waals surface area contributed by atoms with Gasteiger partial charge in [-0.05, 0) is 97.9 Å². The SMILES string of the molecule is COc1ccc(S(C)(=O)=O)c(C2CCN(CCC(c3ccc(Cl)c(Cl)c3)C3c4ccccc4C(=O)N3C)CC2)c1.Cl. The van der Waals surface area contributed by atoms with Gasteiger partial charge in [0.15, 0.2) is 9.84 Å². The summed E-state index contributed by atoms with van der Waals surface area (Å²) in [7, 11) is 0.123. The van der Waals surface area contributed by atoms with Crippen LogP contribution in [0.4, 0.5) is 0 Å². The fourth-order valence-electron chi connectivity index (χ4n) is 6.31. The lowest BCUT2D eigenvalue weighted by Gasteiger charge is -2.36. The van der Waals surface area contributed by atoms with Gasteiger partial charge in [-0.2, -0.15) is 0 Å². The maximum absolute atomic E-state index is 13.1. The Morgan fingerprint density at radius 3 is 2.34 bits per heavy atom. The van der Waals surface area contributed by atoms with Crippen LogP contribution in [0, 0.1) is 0 Å². The molecule has 0 spiro atoms. The van der Waals surface area contributed by atoms with Crippen molar-refractivity contribution in [2.24, 2.45) is 0 Å². The quantitative estimate of drug-likeness (QED) is 0.266. The molecule has 1 fully saturated rings. The number of carbonyl (C=O) groups excluding carboxylic acids is 1. The first-order valence-corrected chi connectivity index (χ1v) is 16.1. The Morgan fingerprint density at radius 2 is 1.68 bits per heavy atom. The molecule has 6 nitrogen and oxygen atoms in total. The van der Waals surface area contributed by atoms with Crippen LogP contribution < -0.4 is 4.74 Å². The van der Waals surface area contributed by atoms with E-state index in [1.54, 1.807) is 19.2 Å². The van der Waals surface area contributed by atoms with E-state index in [1.807, 2.05) is 60.5 Å². The van der Waals surface area contributed by atoms with Crippen LogP contribution in [0.5, 0.6) is 5.75 Å². The Balaban J connectivity index is 0.00000387. The zero-order valence-electron chi connectivity index (χ0n) is 23.3. The molecule has 10 heteroatoms. The average Bonchev–Trinajstić information content (AvgIpc) is 3.20. The number of hydrogen-bond acceptors (Lipinski definition) is 5. The van der Waals surface area contributed by atoms with E-state index in [0.717, 1.165) is 61.2 Å². The Kier molecular flexibility index (Phi) is 9.97. The van der Waals surface area contributed by atoms with Crippen molar-refractivity contribution >= 4 is 51.4 Å². The van der Waals surface area contributed by atoms with Crippen molar-refractivity contribution in [1.82, 2.24) is 9.80 Å². The summed E-state index contributed by atoms with van der Waals surface area (Å²) in [6, 6.07) is 18.7. The Morgan fingerprint density at radius 1 is 0.976 bits per heavy atom. The van der Waals surface area contributed by atoms with Crippen LogP contribution in [-0.4, -0.2) is 64.2 Å². The van der Waals surface area contributed by atoms with Gasteiger partial charge in [-0.25, -0.2) is 8.42 Å². The van der Waals surface area contributed by atoms with Crippen LogP contribution in [0.15, 0.2) is 65.6 Å². The second kappa shape index (κ2) is 12.9. The summed E-state index contributed by atoms with van der Waals surface area (Å²) in [5.41, 5.74) is 3.69. The highest BCUT2D eigenvalue weighted by Gasteiger charge is 2.39. The molecule has 3 aromatic carbocycles. The summed E-state index contributed by atoms with van der Waals surface area (Å²) in [6.45, 7) is 2.56. The first-order valence-electron chi connectivity index (χ1n) is 13.5. The summed E-state index contributed by atoms with van der Waals surface area (Å²) in [5.74, 6) is 0.879. The van der Waals surface area contributed by atoms with Crippen LogP contribution in [0.2, 0.25) is 10.0 Å². The number of fused-ring (bicyclic) bond motifs is 1. The number of hydrogen-bond donors (Lipinski definition) is 0. The third-order valence-corrected chi connectivity index (χ3v) is 10.3. The second-order valence-electron chi connectivity index (χ2n) is 10.8. The molecule has 41 heavy (non-hydrogen) atoms. The molecule has 0 aromatic heterocycles. The van der Waals surface area contributed by atoms with Gasteiger partial charge in [-0.1, -0.05) is 47.5 Å². The number of likely N-dealkylation sites (N-methyl/N-ethyl adjacent to an activating group) is 1. The predicted octanol–water partition coefficient (Wildman–Crippen LogP) is 7.01. The van der Waals surface area contributed by atoms with Crippen molar-refractivity contribution in [3.05, 3.63) is 93.0 Å². The highest BCUT2D eigenvalue weighted by molar-refractivity contribution is 7.90. The molecule has 0 saturated carbocycles. The number of piperidine rings is 1. The van der Waals surface area contributed by atoms with Gasteiger partial charge in [-0.3, -0.25) is 4.79 Å². The van der Waals surface area contributed by atoms with Crippen molar-refractivity contribution in [3.8, 4) is 5.75 Å². The maximum atomic E-state index is 13.1. The number of ether oxygens (including phenoxy) is 1. The van der Waals surface area contributed by atoms with Gasteiger partial charge in [0.05, 0.1) is 28.1 Å². The summed E-state index contributed by atoms with van der Waals surface area (Å²) in [4.78, 5) is 17.8. The minimum Gasteiger partial charge on any atom is -0.497 e. The summed E-state index contributed by atoms with van der Waals surface area (Å²) >= 11 is 12.7. The topological polar surface area (TPSA) is 66.9 Å². The summed E-state index contributed by atoms with van der Waals surface area (Å²) in [5, 5.41) is 1.01. The molecule has 2 aliphatic rings. The smallest absolute Gasteiger partial charge is 0.254 e. The Bertz CT molecular complexity index is 1520. The van der Waals surface area contributed by atoms with E-state index in [2.05, 4.69) is 4.90 Å². The van der Waals surface area contributed by atoms with Crippen LogP contribution in [0.25, 0.3) is 0 Å². The molecule has 1 saturated heterocycles. The van der Waals surface area contributed by atoms with Crippen molar-refractivity contribution in [3.63, 3.8) is 0 Å². The van der Waals surface area contributed by atoms with Gasteiger partial charge >= 0.3 is 0 Å². The van der Waals surface area contributed by atoms with Crippen LogP contribution in [0.3, 0.4) is 0 Å². The van der Waals surface area contributed by atoms with E-state index >= 15 is 0 Å². The molecule has 3 aromatic rings. The van der Waals surface area contributed by atoms with Crippen molar-refractivity contribution in [2.45, 2.75) is 42.0 Å². The molecule has 2 aliphatic heterocycles. The Hall–Kier alpha value is -2.29. The molecule has 2 atom stereocenters. The minimum absolute atomic E-state index is 0. The van der Waals surface area contributed by atoms with Gasteiger partial charge in [0, 0.05) is 24.8 Å². The Labute approximate surface area is 258 Å². The zero-order chi connectivity index (χ0) is 28.6. The van der Waals surface area contributed by atoms with Gasteiger partial charge in [0.1, 0.15) is 5.75 Å². The first-order chi connectivity index (χ1) is 19.1. The summed E-state index contributed by atoms with van der Waals surface area (Å²) in [6.07, 6.45) is 3.81. The molecule has 1 amide bonds. The zero-order valence-corrected chi connectivity index (χ0v) is 26.5. The number of sulfone groups is 1. The molecule has 2 unspecified atom stereocenters. The van der Waals surface area contributed by atoms with Crippen LogP contribution in [0.1, 0.15) is 64.2 Å². The number of carbonyl (C=O) groups is 1. The van der Waals surface area contributed by atoms with E-state index in [4.69, 9.17) is 27.9 Å². The average molecular weight is 638 g/mol. The van der Waals surface area contributed by atoms with Gasteiger partial charge in [0.25, 0.3) is 5.91 Å².